The molecule has 0 fully saturated rings. The van der Waals surface area contributed by atoms with Crippen LogP contribution in [0.5, 0.6) is 0 Å². The van der Waals surface area contributed by atoms with E-state index in [2.05, 4.69) is 5.32 Å². The molecule has 0 aliphatic rings. The van der Waals surface area contributed by atoms with Crippen molar-refractivity contribution in [3.8, 4) is 0 Å². The van der Waals surface area contributed by atoms with Gasteiger partial charge in [0.05, 0.1) is 0 Å². The van der Waals surface area contributed by atoms with E-state index in [9.17, 15) is 9.59 Å². The summed E-state index contributed by atoms with van der Waals surface area (Å²) in [5, 5.41) is 18.6. The molecule has 0 spiro atoms. The molecule has 1 aromatic rings. The average molecular weight is 249 g/mol. The number of carbonyl (C=O) groups is 2. The quantitative estimate of drug-likeness (QED) is 0.437. The first-order valence-corrected chi connectivity index (χ1v) is 5.33. The van der Waals surface area contributed by atoms with Crippen LogP contribution in [-0.2, 0) is 16.0 Å². The molecule has 5 N–H and O–H groups in total. The largest absolute Gasteiger partial charge is 0.480 e. The molecule has 0 aliphatic heterocycles. The minimum Gasteiger partial charge on any atom is -0.480 e. The molecule has 18 heavy (non-hydrogen) atoms. The summed E-state index contributed by atoms with van der Waals surface area (Å²) in [5.74, 6) is -1.51. The van der Waals surface area contributed by atoms with E-state index in [-0.39, 0.29) is 18.2 Å². The van der Waals surface area contributed by atoms with E-state index >= 15 is 0 Å². The van der Waals surface area contributed by atoms with E-state index in [1.165, 1.54) is 6.92 Å². The van der Waals surface area contributed by atoms with Gasteiger partial charge in [-0.2, -0.15) is 0 Å². The third kappa shape index (κ3) is 3.89. The highest BCUT2D eigenvalue weighted by Crippen LogP contribution is 2.07. The van der Waals surface area contributed by atoms with Gasteiger partial charge in [-0.1, -0.05) is 24.3 Å². The first kappa shape index (κ1) is 13.7. The van der Waals surface area contributed by atoms with Crippen molar-refractivity contribution in [1.82, 2.24) is 5.32 Å². The number of hydrogen-bond acceptors (Lipinski definition) is 3. The maximum Gasteiger partial charge on any atom is 0.326 e. The lowest BCUT2D eigenvalue weighted by molar-refractivity contribution is -0.141. The van der Waals surface area contributed by atoms with Gasteiger partial charge < -0.3 is 16.2 Å². The van der Waals surface area contributed by atoms with Crippen LogP contribution in [0, 0.1) is 5.41 Å². The fourth-order valence-electron chi connectivity index (χ4n) is 1.50. The van der Waals surface area contributed by atoms with Crippen molar-refractivity contribution in [2.45, 2.75) is 19.4 Å². The first-order valence-electron chi connectivity index (χ1n) is 5.33. The number of aliphatic carboxylic acids is 1. The molecular formula is C12H15N3O3. The van der Waals surface area contributed by atoms with Crippen LogP contribution < -0.4 is 11.1 Å². The minimum atomic E-state index is -1.08. The lowest BCUT2D eigenvalue weighted by Gasteiger charge is -2.13. The number of amides is 1. The number of nitrogen functional groups attached to an aromatic ring is 1. The molecular weight excluding hydrogens is 234 g/mol. The van der Waals surface area contributed by atoms with Crippen LogP contribution in [0.3, 0.4) is 0 Å². The number of nitrogens with two attached hydrogens (primary N) is 1. The SMILES string of the molecule is CC(=O)N[C@@H](Cc1ccc(C(=N)N)cc1)C(=O)O. The first-order chi connectivity index (χ1) is 8.40. The molecule has 0 aliphatic carbocycles. The zero-order valence-corrected chi connectivity index (χ0v) is 9.93. The molecule has 0 aromatic heterocycles. The van der Waals surface area contributed by atoms with E-state index in [1.54, 1.807) is 24.3 Å². The maximum absolute atomic E-state index is 10.9. The van der Waals surface area contributed by atoms with E-state index in [0.29, 0.717) is 5.56 Å². The molecule has 0 radical (unpaired) electrons. The molecule has 0 heterocycles. The number of benzene rings is 1. The predicted molar refractivity (Wildman–Crippen MR) is 66.4 cm³/mol. The van der Waals surface area contributed by atoms with Gasteiger partial charge in [0.2, 0.25) is 5.91 Å². The summed E-state index contributed by atoms with van der Waals surface area (Å²) in [6.07, 6.45) is 0.188. The molecule has 0 unspecified atom stereocenters. The molecule has 6 heteroatoms. The van der Waals surface area contributed by atoms with Gasteiger partial charge in [-0.25, -0.2) is 4.79 Å². The van der Waals surface area contributed by atoms with Gasteiger partial charge >= 0.3 is 5.97 Å². The summed E-state index contributed by atoms with van der Waals surface area (Å²) in [6, 6.07) is 5.71. The summed E-state index contributed by atoms with van der Waals surface area (Å²) in [7, 11) is 0. The Morgan fingerprint density at radius 2 is 1.94 bits per heavy atom. The standard InChI is InChI=1S/C12H15N3O3/c1-7(16)15-10(12(17)18)6-8-2-4-9(5-3-8)11(13)14/h2-5,10H,6H2,1H3,(H3,13,14)(H,15,16)(H,17,18)/t10-/m0/s1. The summed E-state index contributed by atoms with van der Waals surface area (Å²) in [6.45, 7) is 1.27. The second-order valence-corrected chi connectivity index (χ2v) is 3.91. The smallest absolute Gasteiger partial charge is 0.326 e. The van der Waals surface area contributed by atoms with Crippen molar-refractivity contribution in [3.63, 3.8) is 0 Å². The number of amidine groups is 1. The Hall–Kier alpha value is -2.37. The molecule has 96 valence electrons. The molecule has 0 saturated heterocycles. The second-order valence-electron chi connectivity index (χ2n) is 3.91. The molecule has 0 bridgehead atoms. The predicted octanol–water partition coefficient (Wildman–Crippen LogP) is 0.102. The minimum absolute atomic E-state index is 0.0433. The van der Waals surface area contributed by atoms with Crippen molar-refractivity contribution in [2.24, 2.45) is 5.73 Å². The normalized spacial score (nSPS) is 11.6. The van der Waals surface area contributed by atoms with Crippen molar-refractivity contribution in [3.05, 3.63) is 35.4 Å². The summed E-state index contributed by atoms with van der Waals surface area (Å²) < 4.78 is 0. The lowest BCUT2D eigenvalue weighted by Crippen LogP contribution is -2.41. The summed E-state index contributed by atoms with van der Waals surface area (Å²) in [5.41, 5.74) is 6.64. The fraction of sp³-hybridized carbons (Fsp3) is 0.250. The van der Waals surface area contributed by atoms with Crippen LogP contribution in [-0.4, -0.2) is 28.9 Å². The van der Waals surface area contributed by atoms with Crippen molar-refractivity contribution in [2.75, 3.05) is 0 Å². The number of carbonyl (C=O) groups excluding carboxylic acids is 1. The Morgan fingerprint density at radius 3 is 2.33 bits per heavy atom. The van der Waals surface area contributed by atoms with Gasteiger partial charge in [-0.15, -0.1) is 0 Å². The monoisotopic (exact) mass is 249 g/mol. The Bertz CT molecular complexity index is 468. The van der Waals surface area contributed by atoms with Crippen molar-refractivity contribution < 1.29 is 14.7 Å². The van der Waals surface area contributed by atoms with E-state index < -0.39 is 12.0 Å². The number of nitrogens with one attached hydrogen (secondary N) is 2. The van der Waals surface area contributed by atoms with Crippen LogP contribution in [0.15, 0.2) is 24.3 Å². The van der Waals surface area contributed by atoms with Crippen LogP contribution in [0.1, 0.15) is 18.1 Å². The molecule has 1 aromatic carbocycles. The number of hydrogen-bond donors (Lipinski definition) is 4. The van der Waals surface area contributed by atoms with Crippen LogP contribution in [0.4, 0.5) is 0 Å². The van der Waals surface area contributed by atoms with Gasteiger partial charge in [-0.05, 0) is 5.56 Å². The number of carboxylic acid groups (broad SMARTS) is 1. The zero-order chi connectivity index (χ0) is 13.7. The molecule has 0 saturated carbocycles. The highest BCUT2D eigenvalue weighted by molar-refractivity contribution is 5.94. The maximum atomic E-state index is 10.9. The topological polar surface area (TPSA) is 116 Å². The lowest BCUT2D eigenvalue weighted by atomic mass is 10.0. The Balaban J connectivity index is 2.78. The van der Waals surface area contributed by atoms with Gasteiger partial charge in [0, 0.05) is 18.9 Å². The van der Waals surface area contributed by atoms with E-state index in [0.717, 1.165) is 5.56 Å². The molecule has 1 rings (SSSR count). The Morgan fingerprint density at radius 1 is 1.39 bits per heavy atom. The molecule has 1 atom stereocenters. The summed E-state index contributed by atoms with van der Waals surface area (Å²) >= 11 is 0. The van der Waals surface area contributed by atoms with Gasteiger partial charge in [0.25, 0.3) is 0 Å². The number of rotatable bonds is 5. The van der Waals surface area contributed by atoms with Crippen molar-refractivity contribution >= 4 is 17.7 Å². The third-order valence-electron chi connectivity index (χ3n) is 2.38. The van der Waals surface area contributed by atoms with Crippen LogP contribution in [0.2, 0.25) is 0 Å². The average Bonchev–Trinajstić information content (AvgIpc) is 2.28. The zero-order valence-electron chi connectivity index (χ0n) is 9.93. The Labute approximate surface area is 104 Å². The van der Waals surface area contributed by atoms with E-state index in [4.69, 9.17) is 16.2 Å². The van der Waals surface area contributed by atoms with E-state index in [1.807, 2.05) is 0 Å². The van der Waals surface area contributed by atoms with Gasteiger partial charge in [0.15, 0.2) is 0 Å². The Kier molecular flexibility index (Phi) is 4.42. The van der Waals surface area contributed by atoms with Crippen LogP contribution >= 0.6 is 0 Å². The fourth-order valence-corrected chi connectivity index (χ4v) is 1.50. The highest BCUT2D eigenvalue weighted by atomic mass is 16.4. The number of carboxylic acids is 1. The highest BCUT2D eigenvalue weighted by Gasteiger charge is 2.18. The van der Waals surface area contributed by atoms with Crippen molar-refractivity contribution in [1.29, 1.82) is 5.41 Å². The van der Waals surface area contributed by atoms with Gasteiger partial charge in [-0.3, -0.25) is 10.2 Å². The second kappa shape index (κ2) is 5.81. The molecule has 6 nitrogen and oxygen atoms in total. The summed E-state index contributed by atoms with van der Waals surface area (Å²) in [4.78, 5) is 21.8. The van der Waals surface area contributed by atoms with Gasteiger partial charge in [0.1, 0.15) is 11.9 Å². The van der Waals surface area contributed by atoms with Crippen LogP contribution in [0.25, 0.3) is 0 Å². The third-order valence-corrected chi connectivity index (χ3v) is 2.38. The molecule has 1 amide bonds.